The average Bonchev–Trinajstić information content (AvgIpc) is 2.81. The van der Waals surface area contributed by atoms with Crippen LogP contribution >= 0.6 is 0 Å². The number of rotatable bonds is 11. The molecule has 0 radical (unpaired) electrons. The summed E-state index contributed by atoms with van der Waals surface area (Å²) in [5.74, 6) is 1.10. The van der Waals surface area contributed by atoms with Crippen molar-refractivity contribution in [2.75, 3.05) is 20.2 Å². The number of aliphatic hydroxyl groups excluding tert-OH is 1. The molecular weight excluding hydrogens is 420 g/mol. The lowest BCUT2D eigenvalue weighted by Crippen LogP contribution is -2.58. The molecule has 4 atom stereocenters. The predicted molar refractivity (Wildman–Crippen MR) is 142 cm³/mol. The molecule has 3 aromatic rings. The van der Waals surface area contributed by atoms with E-state index in [1.807, 2.05) is 30.3 Å². The monoisotopic (exact) mass is 461 g/mol. The second kappa shape index (κ2) is 11.2. The predicted octanol–water partition coefficient (Wildman–Crippen LogP) is 6.53. The van der Waals surface area contributed by atoms with Gasteiger partial charge in [-0.05, 0) is 57.0 Å². The third kappa shape index (κ3) is 5.68. The standard InChI is InChI=1S/C30H41N2O2/c1-8-14-32(19-21(3)9-2,20-25-16-22(4)15-23(5)17-25)24(6)30(33)27-12-13-31-29-11-10-26(34-7)18-28(27)29/h9-13,15-18,21,24,30,33H,2,8,14,19-20H2,1,3-7H3/q+1. The molecule has 4 unspecified atom stereocenters. The van der Waals surface area contributed by atoms with Crippen molar-refractivity contribution in [3.05, 3.63) is 83.6 Å². The van der Waals surface area contributed by atoms with Crippen molar-refractivity contribution in [2.45, 2.75) is 59.7 Å². The second-order valence-electron chi connectivity index (χ2n) is 9.96. The summed E-state index contributed by atoms with van der Waals surface area (Å²) in [4.78, 5) is 4.52. The molecule has 4 heteroatoms. The molecule has 0 fully saturated rings. The molecule has 2 aromatic carbocycles. The van der Waals surface area contributed by atoms with Crippen molar-refractivity contribution in [2.24, 2.45) is 5.92 Å². The zero-order valence-corrected chi connectivity index (χ0v) is 21.7. The zero-order valence-electron chi connectivity index (χ0n) is 21.7. The van der Waals surface area contributed by atoms with E-state index in [1.54, 1.807) is 13.3 Å². The molecule has 0 bridgehead atoms. The first kappa shape index (κ1) is 25.9. The Balaban J connectivity index is 2.10. The SMILES string of the molecule is C=CC(C)C[N+](CCC)(Cc1cc(C)cc(C)c1)C(C)C(O)c1ccnc2ccc(OC)cc12. The number of quaternary nitrogens is 1. The fraction of sp³-hybridized carbons (Fsp3) is 0.433. The van der Waals surface area contributed by atoms with Crippen LogP contribution in [-0.4, -0.2) is 40.8 Å². The van der Waals surface area contributed by atoms with Crippen molar-refractivity contribution in [1.82, 2.24) is 4.98 Å². The highest BCUT2D eigenvalue weighted by atomic mass is 16.5. The Labute approximate surface area is 205 Å². The van der Waals surface area contributed by atoms with Crippen LogP contribution in [0.25, 0.3) is 10.9 Å². The van der Waals surface area contributed by atoms with Gasteiger partial charge in [-0.3, -0.25) is 4.98 Å². The fourth-order valence-corrected chi connectivity index (χ4v) is 5.46. The molecule has 1 aromatic heterocycles. The first-order valence-corrected chi connectivity index (χ1v) is 12.4. The maximum Gasteiger partial charge on any atom is 0.131 e. The highest BCUT2D eigenvalue weighted by Crippen LogP contribution is 2.35. The molecule has 4 nitrogen and oxygen atoms in total. The van der Waals surface area contributed by atoms with Gasteiger partial charge in [0.05, 0.1) is 25.7 Å². The number of aryl methyl sites for hydroxylation is 2. The minimum absolute atomic E-state index is 0.0278. The van der Waals surface area contributed by atoms with Gasteiger partial charge in [0, 0.05) is 23.1 Å². The van der Waals surface area contributed by atoms with Gasteiger partial charge in [0.15, 0.2) is 0 Å². The van der Waals surface area contributed by atoms with Crippen LogP contribution in [0.2, 0.25) is 0 Å². The van der Waals surface area contributed by atoms with Gasteiger partial charge in [-0.25, -0.2) is 0 Å². The summed E-state index contributed by atoms with van der Waals surface area (Å²) >= 11 is 0. The number of nitrogens with zero attached hydrogens (tertiary/aromatic N) is 2. The van der Waals surface area contributed by atoms with Gasteiger partial charge in [-0.15, -0.1) is 6.58 Å². The molecular formula is C30H41N2O2+. The van der Waals surface area contributed by atoms with Gasteiger partial charge in [-0.2, -0.15) is 0 Å². The van der Waals surface area contributed by atoms with Gasteiger partial charge < -0.3 is 14.3 Å². The molecule has 1 heterocycles. The summed E-state index contributed by atoms with van der Waals surface area (Å²) in [6.07, 6.45) is 4.23. The van der Waals surface area contributed by atoms with Crippen molar-refractivity contribution in [3.8, 4) is 5.75 Å². The summed E-state index contributed by atoms with van der Waals surface area (Å²) in [5, 5.41) is 12.8. The molecule has 0 aliphatic heterocycles. The van der Waals surface area contributed by atoms with Crippen LogP contribution in [0.3, 0.4) is 0 Å². The van der Waals surface area contributed by atoms with Gasteiger partial charge in [-0.1, -0.05) is 49.2 Å². The Hall–Kier alpha value is -2.69. The third-order valence-corrected chi connectivity index (χ3v) is 7.12. The van der Waals surface area contributed by atoms with Crippen molar-refractivity contribution >= 4 is 10.9 Å². The van der Waals surface area contributed by atoms with Crippen molar-refractivity contribution in [1.29, 1.82) is 0 Å². The number of benzene rings is 2. The van der Waals surface area contributed by atoms with E-state index in [0.717, 1.165) is 52.8 Å². The molecule has 0 saturated heterocycles. The van der Waals surface area contributed by atoms with Crippen LogP contribution in [0.1, 0.15) is 55.5 Å². The maximum atomic E-state index is 11.9. The van der Waals surface area contributed by atoms with E-state index < -0.39 is 6.10 Å². The number of fused-ring (bicyclic) bond motifs is 1. The van der Waals surface area contributed by atoms with Crippen LogP contribution in [0.4, 0.5) is 0 Å². The molecule has 0 spiro atoms. The third-order valence-electron chi connectivity index (χ3n) is 7.12. The summed E-state index contributed by atoms with van der Waals surface area (Å²) in [6, 6.07) is 14.6. The number of pyridine rings is 1. The van der Waals surface area contributed by atoms with Crippen LogP contribution in [0.15, 0.2) is 61.3 Å². The number of hydrogen-bond acceptors (Lipinski definition) is 3. The molecule has 1 N–H and O–H groups in total. The van der Waals surface area contributed by atoms with Gasteiger partial charge >= 0.3 is 0 Å². The van der Waals surface area contributed by atoms with Crippen molar-refractivity contribution < 1.29 is 14.3 Å². The van der Waals surface area contributed by atoms with E-state index in [0.29, 0.717) is 5.92 Å². The minimum Gasteiger partial charge on any atom is -0.497 e. The summed E-state index contributed by atoms with van der Waals surface area (Å²) in [5.41, 5.74) is 5.65. The normalized spacial score (nSPS) is 16.0. The highest BCUT2D eigenvalue weighted by Gasteiger charge is 2.40. The fourth-order valence-electron chi connectivity index (χ4n) is 5.46. The van der Waals surface area contributed by atoms with E-state index >= 15 is 0 Å². The quantitative estimate of drug-likeness (QED) is 0.261. The van der Waals surface area contributed by atoms with Gasteiger partial charge in [0.2, 0.25) is 0 Å². The molecule has 182 valence electrons. The van der Waals surface area contributed by atoms with Gasteiger partial charge in [0.1, 0.15) is 24.4 Å². The first-order valence-electron chi connectivity index (χ1n) is 12.4. The summed E-state index contributed by atoms with van der Waals surface area (Å²) in [6.45, 7) is 17.8. The smallest absolute Gasteiger partial charge is 0.131 e. The highest BCUT2D eigenvalue weighted by molar-refractivity contribution is 5.83. The molecule has 0 aliphatic rings. The lowest BCUT2D eigenvalue weighted by molar-refractivity contribution is -0.967. The molecule has 3 rings (SSSR count). The molecule has 0 amide bonds. The maximum absolute atomic E-state index is 11.9. The van der Waals surface area contributed by atoms with Crippen molar-refractivity contribution in [3.63, 3.8) is 0 Å². The number of hydrogen-bond donors (Lipinski definition) is 1. The Morgan fingerprint density at radius 1 is 1.09 bits per heavy atom. The van der Waals surface area contributed by atoms with E-state index in [4.69, 9.17) is 4.74 Å². The Morgan fingerprint density at radius 3 is 2.41 bits per heavy atom. The summed E-state index contributed by atoms with van der Waals surface area (Å²) in [7, 11) is 1.67. The Bertz CT molecular complexity index is 1110. The van der Waals surface area contributed by atoms with E-state index in [2.05, 4.69) is 64.4 Å². The van der Waals surface area contributed by atoms with Crippen LogP contribution in [0.5, 0.6) is 5.75 Å². The first-order chi connectivity index (χ1) is 16.2. The minimum atomic E-state index is -0.646. The molecule has 0 aliphatic carbocycles. The number of aromatic nitrogens is 1. The Kier molecular flexibility index (Phi) is 8.51. The van der Waals surface area contributed by atoms with Crippen LogP contribution < -0.4 is 4.74 Å². The average molecular weight is 462 g/mol. The molecule has 34 heavy (non-hydrogen) atoms. The topological polar surface area (TPSA) is 42.4 Å². The van der Waals surface area contributed by atoms with Gasteiger partial charge in [0.25, 0.3) is 0 Å². The summed E-state index contributed by atoms with van der Waals surface area (Å²) < 4.78 is 6.26. The number of methoxy groups -OCH3 is 1. The lowest BCUT2D eigenvalue weighted by Gasteiger charge is -2.47. The van der Waals surface area contributed by atoms with E-state index in [-0.39, 0.29) is 6.04 Å². The second-order valence-corrected chi connectivity index (χ2v) is 9.96. The van der Waals surface area contributed by atoms with Crippen LogP contribution in [-0.2, 0) is 6.54 Å². The lowest BCUT2D eigenvalue weighted by atomic mass is 9.93. The number of ether oxygens (including phenoxy) is 1. The van der Waals surface area contributed by atoms with Crippen LogP contribution in [0, 0.1) is 19.8 Å². The van der Waals surface area contributed by atoms with E-state index in [1.165, 1.54) is 16.7 Å². The molecule has 0 saturated carbocycles. The largest absolute Gasteiger partial charge is 0.497 e. The number of aliphatic hydroxyl groups is 1. The Morgan fingerprint density at radius 2 is 1.79 bits per heavy atom. The van der Waals surface area contributed by atoms with E-state index in [9.17, 15) is 5.11 Å². The zero-order chi connectivity index (χ0) is 24.9.